The smallest absolute Gasteiger partial charge is 0.274 e. The van der Waals surface area contributed by atoms with Gasteiger partial charge in [-0.05, 0) is 30.9 Å². The Balaban J connectivity index is 1.60. The predicted octanol–water partition coefficient (Wildman–Crippen LogP) is 1.71. The lowest BCUT2D eigenvalue weighted by Gasteiger charge is -2.29. The van der Waals surface area contributed by atoms with Crippen molar-refractivity contribution in [2.24, 2.45) is 5.92 Å². The van der Waals surface area contributed by atoms with Gasteiger partial charge in [0.1, 0.15) is 5.69 Å². The lowest BCUT2D eigenvalue weighted by Crippen LogP contribution is -2.32. The molecular weight excluding hydrogens is 364 g/mol. The number of hydrogen-bond acceptors (Lipinski definition) is 7. The van der Waals surface area contributed by atoms with Gasteiger partial charge in [-0.15, -0.1) is 5.10 Å². The van der Waals surface area contributed by atoms with Gasteiger partial charge in [0.25, 0.3) is 11.5 Å². The fourth-order valence-electron chi connectivity index (χ4n) is 3.06. The Labute approximate surface area is 159 Å². The van der Waals surface area contributed by atoms with Crippen molar-refractivity contribution in [2.75, 3.05) is 18.0 Å². The molecule has 1 saturated heterocycles. The number of nitrogens with zero attached hydrogens (tertiary/aromatic N) is 5. The quantitative estimate of drug-likeness (QED) is 0.736. The molecule has 1 N–H and O–H groups in total. The van der Waals surface area contributed by atoms with Crippen LogP contribution >= 0.6 is 11.3 Å². The minimum atomic E-state index is -0.444. The Morgan fingerprint density at radius 3 is 2.89 bits per heavy atom. The van der Waals surface area contributed by atoms with Crippen LogP contribution in [-0.4, -0.2) is 38.6 Å². The van der Waals surface area contributed by atoms with E-state index < -0.39 is 5.56 Å². The van der Waals surface area contributed by atoms with E-state index in [0.29, 0.717) is 10.9 Å². The van der Waals surface area contributed by atoms with Crippen molar-refractivity contribution in [3.05, 3.63) is 52.2 Å². The summed E-state index contributed by atoms with van der Waals surface area (Å²) in [5.41, 5.74) is 0.485. The molecule has 8 nitrogen and oxygen atoms in total. The molecule has 0 spiro atoms. The summed E-state index contributed by atoms with van der Waals surface area (Å²) >= 11 is 1.34. The molecule has 0 aromatic carbocycles. The summed E-state index contributed by atoms with van der Waals surface area (Å²) in [7, 11) is 0. The first-order valence-corrected chi connectivity index (χ1v) is 9.76. The van der Waals surface area contributed by atoms with E-state index in [1.807, 2.05) is 18.2 Å². The van der Waals surface area contributed by atoms with Gasteiger partial charge in [0, 0.05) is 25.4 Å². The van der Waals surface area contributed by atoms with Crippen molar-refractivity contribution in [1.82, 2.24) is 24.9 Å². The molecule has 0 bridgehead atoms. The first kappa shape index (κ1) is 17.6. The third-order valence-corrected chi connectivity index (χ3v) is 5.66. The normalized spacial score (nSPS) is 15.2. The molecule has 3 aromatic heterocycles. The summed E-state index contributed by atoms with van der Waals surface area (Å²) in [6.45, 7) is 4.37. The number of anilines is 1. The monoisotopic (exact) mass is 384 g/mol. The van der Waals surface area contributed by atoms with Crippen LogP contribution in [-0.2, 0) is 6.54 Å². The lowest BCUT2D eigenvalue weighted by molar-refractivity contribution is 0.0942. The molecule has 1 amide bonds. The third kappa shape index (κ3) is 3.82. The van der Waals surface area contributed by atoms with E-state index in [0.717, 1.165) is 36.8 Å². The van der Waals surface area contributed by atoms with Gasteiger partial charge in [-0.1, -0.05) is 24.3 Å². The second-order valence-corrected chi connectivity index (χ2v) is 7.67. The van der Waals surface area contributed by atoms with Gasteiger partial charge in [-0.2, -0.15) is 9.50 Å². The zero-order valence-corrected chi connectivity index (χ0v) is 15.8. The lowest BCUT2D eigenvalue weighted by atomic mass is 10.00. The summed E-state index contributed by atoms with van der Waals surface area (Å²) in [6.07, 6.45) is 3.89. The topological polar surface area (TPSA) is 92.5 Å². The van der Waals surface area contributed by atoms with Crippen LogP contribution in [0.25, 0.3) is 4.96 Å². The Morgan fingerprint density at radius 1 is 1.33 bits per heavy atom. The number of fused-ring (bicyclic) bond motifs is 1. The van der Waals surface area contributed by atoms with Crippen molar-refractivity contribution < 1.29 is 4.79 Å². The fraction of sp³-hybridized carbons (Fsp3) is 0.389. The molecular formula is C18H20N6O2S. The number of rotatable bonds is 4. The van der Waals surface area contributed by atoms with Crippen LogP contribution < -0.4 is 15.8 Å². The second-order valence-electron chi connectivity index (χ2n) is 6.73. The Hall–Kier alpha value is -2.81. The van der Waals surface area contributed by atoms with E-state index in [4.69, 9.17) is 0 Å². The van der Waals surface area contributed by atoms with Gasteiger partial charge in [0.2, 0.25) is 10.1 Å². The predicted molar refractivity (Wildman–Crippen MR) is 103 cm³/mol. The highest BCUT2D eigenvalue weighted by molar-refractivity contribution is 7.20. The molecule has 0 saturated carbocycles. The van der Waals surface area contributed by atoms with Crippen LogP contribution in [0, 0.1) is 5.92 Å². The summed E-state index contributed by atoms with van der Waals surface area (Å²) in [5, 5.41) is 8.14. The van der Waals surface area contributed by atoms with Crippen LogP contribution in [0.3, 0.4) is 0 Å². The molecule has 3 aromatic rings. The Kier molecular flexibility index (Phi) is 4.85. The van der Waals surface area contributed by atoms with E-state index in [2.05, 4.69) is 32.2 Å². The first-order valence-electron chi connectivity index (χ1n) is 8.94. The number of carbonyl (C=O) groups excluding carboxylic acids is 1. The molecule has 27 heavy (non-hydrogen) atoms. The summed E-state index contributed by atoms with van der Waals surface area (Å²) in [4.78, 5) is 35.4. The highest BCUT2D eigenvalue weighted by atomic mass is 32.1. The van der Waals surface area contributed by atoms with Crippen molar-refractivity contribution in [3.8, 4) is 0 Å². The molecule has 4 rings (SSSR count). The largest absolute Gasteiger partial charge is 0.347 e. The van der Waals surface area contributed by atoms with Crippen molar-refractivity contribution >= 4 is 27.3 Å². The van der Waals surface area contributed by atoms with Gasteiger partial charge >= 0.3 is 0 Å². The van der Waals surface area contributed by atoms with Crippen LogP contribution in [0.5, 0.6) is 0 Å². The Morgan fingerprint density at radius 2 is 2.15 bits per heavy atom. The van der Waals surface area contributed by atoms with Gasteiger partial charge in [-0.3, -0.25) is 14.6 Å². The first-order chi connectivity index (χ1) is 13.1. The average Bonchev–Trinajstić information content (AvgIpc) is 3.10. The number of carbonyl (C=O) groups is 1. The Bertz CT molecular complexity index is 1010. The van der Waals surface area contributed by atoms with E-state index in [-0.39, 0.29) is 18.1 Å². The van der Waals surface area contributed by atoms with Crippen molar-refractivity contribution in [2.45, 2.75) is 26.3 Å². The van der Waals surface area contributed by atoms with E-state index in [9.17, 15) is 9.59 Å². The molecule has 9 heteroatoms. The highest BCUT2D eigenvalue weighted by Gasteiger charge is 2.21. The zero-order valence-electron chi connectivity index (χ0n) is 15.0. The highest BCUT2D eigenvalue weighted by Crippen LogP contribution is 2.27. The molecule has 0 aliphatic carbocycles. The van der Waals surface area contributed by atoms with Crippen LogP contribution in [0.15, 0.2) is 35.3 Å². The maximum absolute atomic E-state index is 12.6. The number of piperidine rings is 1. The van der Waals surface area contributed by atoms with Crippen LogP contribution in [0.4, 0.5) is 5.13 Å². The number of amides is 1. The minimum Gasteiger partial charge on any atom is -0.347 e. The van der Waals surface area contributed by atoms with Crippen molar-refractivity contribution in [1.29, 1.82) is 0 Å². The fourth-order valence-corrected chi connectivity index (χ4v) is 4.02. The molecule has 0 atom stereocenters. The summed E-state index contributed by atoms with van der Waals surface area (Å²) < 4.78 is 1.47. The van der Waals surface area contributed by atoms with E-state index >= 15 is 0 Å². The molecule has 0 unspecified atom stereocenters. The number of nitrogens with one attached hydrogen (secondary N) is 1. The average molecular weight is 384 g/mol. The SMILES string of the molecule is CC1CCN(c2nn3c(C(=O)NCc4ccccn4)cc(=O)nc3s2)CC1. The number of pyridine rings is 1. The van der Waals surface area contributed by atoms with E-state index in [1.54, 1.807) is 6.20 Å². The van der Waals surface area contributed by atoms with Gasteiger partial charge < -0.3 is 10.2 Å². The minimum absolute atomic E-state index is 0.189. The zero-order chi connectivity index (χ0) is 18.8. The molecule has 0 radical (unpaired) electrons. The van der Waals surface area contributed by atoms with Gasteiger partial charge in [-0.25, -0.2) is 0 Å². The number of aromatic nitrogens is 4. The number of hydrogen-bond donors (Lipinski definition) is 1. The molecule has 4 heterocycles. The van der Waals surface area contributed by atoms with E-state index in [1.165, 1.54) is 21.9 Å². The maximum atomic E-state index is 12.6. The third-order valence-electron chi connectivity index (χ3n) is 4.69. The molecule has 1 fully saturated rings. The second kappa shape index (κ2) is 7.43. The van der Waals surface area contributed by atoms with Gasteiger partial charge in [0.05, 0.1) is 12.2 Å². The molecule has 140 valence electrons. The summed E-state index contributed by atoms with van der Waals surface area (Å²) in [5.74, 6) is 0.335. The molecule has 1 aliphatic rings. The van der Waals surface area contributed by atoms with Crippen LogP contribution in [0.2, 0.25) is 0 Å². The molecule has 1 aliphatic heterocycles. The summed E-state index contributed by atoms with van der Waals surface area (Å²) in [6, 6.07) is 6.72. The van der Waals surface area contributed by atoms with Crippen molar-refractivity contribution in [3.63, 3.8) is 0 Å². The standard InChI is InChI=1S/C18H20N6O2S/c1-12-5-8-23(9-6-12)18-22-24-14(10-15(25)21-17(24)27-18)16(26)20-11-13-4-2-3-7-19-13/h2-4,7,10,12H,5-6,8-9,11H2,1H3,(H,20,26). The van der Waals surface area contributed by atoms with Crippen LogP contribution in [0.1, 0.15) is 35.9 Å². The maximum Gasteiger partial charge on any atom is 0.274 e. The van der Waals surface area contributed by atoms with Gasteiger partial charge in [0.15, 0.2) is 0 Å².